The largest absolute Gasteiger partial charge is 0.462 e. The Balaban J connectivity index is 1.92. The first-order valence-electron chi connectivity index (χ1n) is 9.29. The molecule has 0 amide bonds. The Hall–Kier alpha value is -2.38. The van der Waals surface area contributed by atoms with E-state index in [0.717, 1.165) is 18.3 Å². The lowest BCUT2D eigenvalue weighted by Crippen LogP contribution is -2.07. The van der Waals surface area contributed by atoms with Gasteiger partial charge in [0, 0.05) is 28.6 Å². The molecule has 0 atom stereocenters. The molecule has 0 unspecified atom stereocenters. The van der Waals surface area contributed by atoms with Gasteiger partial charge in [0.2, 0.25) is 0 Å². The molecule has 3 aromatic rings. The van der Waals surface area contributed by atoms with Gasteiger partial charge in [-0.05, 0) is 31.9 Å². The first-order chi connectivity index (χ1) is 14.2. The van der Waals surface area contributed by atoms with Crippen molar-refractivity contribution in [2.45, 2.75) is 32.6 Å². The maximum Gasteiger partial charge on any atom is 0.350 e. The normalized spacial score (nSPS) is 11.5. The number of alkyl halides is 2. The van der Waals surface area contributed by atoms with Gasteiger partial charge in [0.05, 0.1) is 12.3 Å². The summed E-state index contributed by atoms with van der Waals surface area (Å²) in [4.78, 5) is 17.2. The van der Waals surface area contributed by atoms with Crippen LogP contribution in [0.3, 0.4) is 0 Å². The van der Waals surface area contributed by atoms with Gasteiger partial charge in [-0.25, -0.2) is 22.9 Å². The maximum atomic E-state index is 14.1. The van der Waals surface area contributed by atoms with E-state index in [9.17, 15) is 18.0 Å². The van der Waals surface area contributed by atoms with Gasteiger partial charge < -0.3 is 4.74 Å². The molecule has 0 N–H and O–H groups in total. The second kappa shape index (κ2) is 9.18. The first-order valence-corrected chi connectivity index (χ1v) is 10.5. The molecule has 0 aliphatic carbocycles. The summed E-state index contributed by atoms with van der Waals surface area (Å²) >= 11 is 7.21. The van der Waals surface area contributed by atoms with Gasteiger partial charge in [0.15, 0.2) is 0 Å². The Labute approximate surface area is 181 Å². The summed E-state index contributed by atoms with van der Waals surface area (Å²) in [7, 11) is 0. The van der Waals surface area contributed by atoms with E-state index in [-0.39, 0.29) is 25.0 Å². The van der Waals surface area contributed by atoms with Gasteiger partial charge in [-0.3, -0.25) is 0 Å². The van der Waals surface area contributed by atoms with E-state index in [1.807, 2.05) is 0 Å². The van der Waals surface area contributed by atoms with Gasteiger partial charge in [-0.1, -0.05) is 41.9 Å². The lowest BCUT2D eigenvalue weighted by molar-refractivity contribution is 0.0175. The van der Waals surface area contributed by atoms with E-state index < -0.39 is 17.7 Å². The van der Waals surface area contributed by atoms with Crippen molar-refractivity contribution in [3.8, 4) is 10.6 Å². The van der Waals surface area contributed by atoms with E-state index in [4.69, 9.17) is 16.3 Å². The highest BCUT2D eigenvalue weighted by Gasteiger charge is 2.25. The van der Waals surface area contributed by atoms with Crippen molar-refractivity contribution in [2.75, 3.05) is 6.61 Å². The van der Waals surface area contributed by atoms with Gasteiger partial charge in [-0.2, -0.15) is 0 Å². The van der Waals surface area contributed by atoms with Crippen LogP contribution in [-0.2, 0) is 23.5 Å². The van der Waals surface area contributed by atoms with Crippen LogP contribution < -0.4 is 0 Å². The molecule has 0 radical (unpaired) electrons. The number of carbonyl (C=O) groups excluding carboxylic acids is 1. The van der Waals surface area contributed by atoms with Crippen molar-refractivity contribution in [3.05, 3.63) is 75.0 Å². The molecule has 0 saturated carbocycles. The molecule has 0 fully saturated rings. The highest BCUT2D eigenvalue weighted by Crippen LogP contribution is 2.33. The fourth-order valence-corrected chi connectivity index (χ4v) is 4.19. The summed E-state index contributed by atoms with van der Waals surface area (Å²) in [5.74, 6) is -3.89. The fraction of sp³-hybridized carbons (Fsp3) is 0.273. The smallest absolute Gasteiger partial charge is 0.350 e. The standard InChI is InChI=1S/C22H19ClF3NO2S/c1-3-29-21(28)19-18(12-11-15-16(23)5-4-6-17(15)24)27-20(30-19)13-7-9-14(10-8-13)22(2,25)26/h4-10H,3,11-12H2,1-2H3. The summed E-state index contributed by atoms with van der Waals surface area (Å²) in [5, 5.41) is 0.804. The van der Waals surface area contributed by atoms with Crippen LogP contribution in [0.4, 0.5) is 13.2 Å². The van der Waals surface area contributed by atoms with Crippen LogP contribution in [0.5, 0.6) is 0 Å². The van der Waals surface area contributed by atoms with Crippen LogP contribution in [0.25, 0.3) is 10.6 Å². The van der Waals surface area contributed by atoms with Gasteiger partial charge in [-0.15, -0.1) is 11.3 Å². The molecule has 0 bridgehead atoms. The van der Waals surface area contributed by atoms with E-state index in [0.29, 0.717) is 31.7 Å². The number of hydrogen-bond acceptors (Lipinski definition) is 4. The molecule has 30 heavy (non-hydrogen) atoms. The molecule has 0 aliphatic heterocycles. The number of nitrogens with zero attached hydrogens (tertiary/aromatic N) is 1. The lowest BCUT2D eigenvalue weighted by Gasteiger charge is -2.10. The van der Waals surface area contributed by atoms with Crippen molar-refractivity contribution in [1.82, 2.24) is 4.98 Å². The highest BCUT2D eigenvalue weighted by atomic mass is 35.5. The Morgan fingerprint density at radius 2 is 1.87 bits per heavy atom. The monoisotopic (exact) mass is 453 g/mol. The molecule has 0 saturated heterocycles. The van der Waals surface area contributed by atoms with Crippen LogP contribution in [0, 0.1) is 5.82 Å². The molecule has 3 nitrogen and oxygen atoms in total. The van der Waals surface area contributed by atoms with Crippen molar-refractivity contribution in [1.29, 1.82) is 0 Å². The van der Waals surface area contributed by atoms with Crippen molar-refractivity contribution in [3.63, 3.8) is 0 Å². The molecule has 158 valence electrons. The number of hydrogen-bond donors (Lipinski definition) is 0. The second-order valence-electron chi connectivity index (χ2n) is 6.68. The number of halogens is 4. The molecule has 8 heteroatoms. The zero-order valence-corrected chi connectivity index (χ0v) is 17.9. The third kappa shape index (κ3) is 5.02. The predicted molar refractivity (Wildman–Crippen MR) is 112 cm³/mol. The maximum absolute atomic E-state index is 14.1. The SMILES string of the molecule is CCOC(=O)c1sc(-c2ccc(C(C)(F)F)cc2)nc1CCc1c(F)cccc1Cl. The molecule has 1 aromatic heterocycles. The zero-order valence-electron chi connectivity index (χ0n) is 16.3. The number of ether oxygens (including phenoxy) is 1. The number of rotatable bonds is 7. The van der Waals surface area contributed by atoms with Crippen LogP contribution in [0.2, 0.25) is 5.02 Å². The number of thiazole rings is 1. The first kappa shape index (κ1) is 22.3. The van der Waals surface area contributed by atoms with Gasteiger partial charge >= 0.3 is 5.97 Å². The Kier molecular flexibility index (Phi) is 6.83. The minimum Gasteiger partial charge on any atom is -0.462 e. The van der Waals surface area contributed by atoms with Crippen LogP contribution in [0.15, 0.2) is 42.5 Å². The topological polar surface area (TPSA) is 39.2 Å². The molecule has 0 aliphatic rings. The summed E-state index contributed by atoms with van der Waals surface area (Å²) in [6.07, 6.45) is 0.526. The zero-order chi connectivity index (χ0) is 21.9. The minimum absolute atomic E-state index is 0.108. The van der Waals surface area contributed by atoms with Crippen molar-refractivity contribution >= 4 is 28.9 Å². The predicted octanol–water partition coefficient (Wildman–Crippen LogP) is 6.68. The Morgan fingerprint density at radius 1 is 1.17 bits per heavy atom. The fourth-order valence-electron chi connectivity index (χ4n) is 2.92. The average molecular weight is 454 g/mol. The van der Waals surface area contributed by atoms with Crippen LogP contribution >= 0.6 is 22.9 Å². The van der Waals surface area contributed by atoms with E-state index in [1.165, 1.54) is 36.4 Å². The van der Waals surface area contributed by atoms with E-state index in [1.54, 1.807) is 13.0 Å². The van der Waals surface area contributed by atoms with Gasteiger partial charge in [0.1, 0.15) is 15.7 Å². The quantitative estimate of drug-likeness (QED) is 0.375. The Morgan fingerprint density at radius 3 is 2.47 bits per heavy atom. The summed E-state index contributed by atoms with van der Waals surface area (Å²) in [6, 6.07) is 10.2. The minimum atomic E-state index is -2.94. The highest BCUT2D eigenvalue weighted by molar-refractivity contribution is 7.17. The summed E-state index contributed by atoms with van der Waals surface area (Å²) < 4.78 is 46.1. The molecule has 3 rings (SSSR count). The number of aryl methyl sites for hydroxylation is 1. The van der Waals surface area contributed by atoms with Crippen LogP contribution in [0.1, 0.15) is 40.3 Å². The number of carbonyl (C=O) groups is 1. The van der Waals surface area contributed by atoms with Crippen molar-refractivity contribution in [2.24, 2.45) is 0 Å². The number of aromatic nitrogens is 1. The number of esters is 1. The third-order valence-electron chi connectivity index (χ3n) is 4.47. The van der Waals surface area contributed by atoms with Crippen molar-refractivity contribution < 1.29 is 22.7 Å². The van der Waals surface area contributed by atoms with Crippen LogP contribution in [-0.4, -0.2) is 17.6 Å². The lowest BCUT2D eigenvalue weighted by atomic mass is 10.1. The number of benzene rings is 2. The van der Waals surface area contributed by atoms with E-state index in [2.05, 4.69) is 4.98 Å². The molecular formula is C22H19ClF3NO2S. The second-order valence-corrected chi connectivity index (χ2v) is 8.09. The molecule has 1 heterocycles. The summed E-state index contributed by atoms with van der Waals surface area (Å²) in [5.41, 5.74) is 1.30. The van der Waals surface area contributed by atoms with E-state index >= 15 is 0 Å². The average Bonchev–Trinajstić information content (AvgIpc) is 3.12. The van der Waals surface area contributed by atoms with Gasteiger partial charge in [0.25, 0.3) is 5.92 Å². The molecule has 2 aromatic carbocycles. The molecule has 0 spiro atoms. The molecular weight excluding hydrogens is 435 g/mol. The summed E-state index contributed by atoms with van der Waals surface area (Å²) in [6.45, 7) is 2.73. The Bertz CT molecular complexity index is 1030. The third-order valence-corrected chi connectivity index (χ3v) is 5.95.